The van der Waals surface area contributed by atoms with Crippen LogP contribution < -0.4 is 10.1 Å². The number of halogens is 1. The van der Waals surface area contributed by atoms with Crippen LogP contribution in [0.3, 0.4) is 0 Å². The van der Waals surface area contributed by atoms with E-state index < -0.39 is 0 Å². The van der Waals surface area contributed by atoms with Crippen LogP contribution in [0, 0.1) is 0 Å². The number of ether oxygens (including phenoxy) is 1. The van der Waals surface area contributed by atoms with Crippen LogP contribution in [-0.4, -0.2) is 12.5 Å². The molecule has 0 radical (unpaired) electrons. The van der Waals surface area contributed by atoms with Gasteiger partial charge in [-0.15, -0.1) is 0 Å². The lowest BCUT2D eigenvalue weighted by Crippen LogP contribution is -2.28. The number of rotatable bonds is 5. The molecule has 0 aliphatic rings. The van der Waals surface area contributed by atoms with E-state index in [1.54, 1.807) is 0 Å². The monoisotopic (exact) mass is 369 g/mol. The van der Waals surface area contributed by atoms with Gasteiger partial charge in [-0.2, -0.15) is 0 Å². The number of fused-ring (bicyclic) bond motifs is 1. The Morgan fingerprint density at radius 3 is 2.48 bits per heavy atom. The van der Waals surface area contributed by atoms with Crippen molar-refractivity contribution in [2.24, 2.45) is 0 Å². The first-order valence-electron chi connectivity index (χ1n) is 7.33. The summed E-state index contributed by atoms with van der Waals surface area (Å²) in [5, 5.41) is 5.24. The van der Waals surface area contributed by atoms with Gasteiger partial charge in [0, 0.05) is 11.0 Å². The van der Waals surface area contributed by atoms with Crippen molar-refractivity contribution in [1.82, 2.24) is 5.32 Å². The fourth-order valence-electron chi connectivity index (χ4n) is 2.28. The van der Waals surface area contributed by atoms with Gasteiger partial charge in [0.05, 0.1) is 0 Å². The molecule has 0 saturated heterocycles. The third-order valence-electron chi connectivity index (χ3n) is 3.49. The van der Waals surface area contributed by atoms with Crippen LogP contribution in [0.5, 0.6) is 5.75 Å². The van der Waals surface area contributed by atoms with E-state index >= 15 is 0 Å². The highest BCUT2D eigenvalue weighted by molar-refractivity contribution is 9.10. The molecule has 0 atom stereocenters. The summed E-state index contributed by atoms with van der Waals surface area (Å²) in [4.78, 5) is 11.9. The van der Waals surface area contributed by atoms with Crippen molar-refractivity contribution in [1.29, 1.82) is 0 Å². The highest BCUT2D eigenvalue weighted by Gasteiger charge is 2.03. The molecule has 23 heavy (non-hydrogen) atoms. The number of benzene rings is 3. The second-order valence-electron chi connectivity index (χ2n) is 5.20. The molecule has 3 aromatic rings. The number of carbonyl (C=O) groups is 1. The highest BCUT2D eigenvalue weighted by atomic mass is 79.9. The summed E-state index contributed by atoms with van der Waals surface area (Å²) < 4.78 is 6.43. The number of hydrogen-bond acceptors (Lipinski definition) is 2. The molecule has 0 aliphatic carbocycles. The minimum atomic E-state index is -0.138. The minimum absolute atomic E-state index is 0.00914. The summed E-state index contributed by atoms with van der Waals surface area (Å²) in [6, 6.07) is 21.7. The molecule has 0 spiro atoms. The minimum Gasteiger partial charge on any atom is -0.484 e. The molecule has 3 aromatic carbocycles. The van der Waals surface area contributed by atoms with Gasteiger partial charge in [-0.3, -0.25) is 4.79 Å². The first-order chi connectivity index (χ1) is 11.2. The van der Waals surface area contributed by atoms with Crippen molar-refractivity contribution in [2.45, 2.75) is 6.54 Å². The average molecular weight is 370 g/mol. The van der Waals surface area contributed by atoms with Crippen LogP contribution in [0.15, 0.2) is 71.2 Å². The SMILES string of the molecule is O=C(COc1ccc(Br)cc1)NCc1ccc2ccccc2c1. The zero-order chi connectivity index (χ0) is 16.1. The van der Waals surface area contributed by atoms with Gasteiger partial charge < -0.3 is 10.1 Å². The van der Waals surface area contributed by atoms with E-state index in [1.165, 1.54) is 10.8 Å². The molecule has 1 amide bonds. The molecule has 0 heterocycles. The predicted octanol–water partition coefficient (Wildman–Crippen LogP) is 4.30. The van der Waals surface area contributed by atoms with Gasteiger partial charge in [-0.25, -0.2) is 0 Å². The third-order valence-corrected chi connectivity index (χ3v) is 4.02. The number of amides is 1. The second kappa shape index (κ2) is 7.29. The van der Waals surface area contributed by atoms with Crippen LogP contribution in [0.2, 0.25) is 0 Å². The van der Waals surface area contributed by atoms with E-state index in [9.17, 15) is 4.79 Å². The molecule has 3 nitrogen and oxygen atoms in total. The van der Waals surface area contributed by atoms with Crippen LogP contribution >= 0.6 is 15.9 Å². The lowest BCUT2D eigenvalue weighted by molar-refractivity contribution is -0.123. The Morgan fingerprint density at radius 2 is 1.70 bits per heavy atom. The van der Waals surface area contributed by atoms with Crippen molar-refractivity contribution in [2.75, 3.05) is 6.61 Å². The van der Waals surface area contributed by atoms with Crippen molar-refractivity contribution in [3.05, 3.63) is 76.8 Å². The standard InChI is InChI=1S/C19H16BrNO2/c20-17-7-9-18(10-8-17)23-13-19(22)21-12-14-5-6-15-3-1-2-4-16(15)11-14/h1-11H,12-13H2,(H,21,22). The molecule has 116 valence electrons. The first-order valence-corrected chi connectivity index (χ1v) is 8.13. The van der Waals surface area contributed by atoms with Gasteiger partial charge in [0.15, 0.2) is 6.61 Å². The lowest BCUT2D eigenvalue weighted by Gasteiger charge is -2.08. The van der Waals surface area contributed by atoms with Crippen LogP contribution in [-0.2, 0) is 11.3 Å². The summed E-state index contributed by atoms with van der Waals surface area (Å²) in [6.45, 7) is 0.503. The summed E-state index contributed by atoms with van der Waals surface area (Å²) in [5.41, 5.74) is 1.07. The first kappa shape index (κ1) is 15.6. The van der Waals surface area contributed by atoms with Crippen molar-refractivity contribution in [3.8, 4) is 5.75 Å². The quantitative estimate of drug-likeness (QED) is 0.727. The van der Waals surface area contributed by atoms with Gasteiger partial charge in [0.25, 0.3) is 5.91 Å². The maximum absolute atomic E-state index is 11.9. The second-order valence-corrected chi connectivity index (χ2v) is 6.12. The molecule has 0 saturated carbocycles. The molecular weight excluding hydrogens is 354 g/mol. The van der Waals surface area contributed by atoms with Crippen molar-refractivity contribution < 1.29 is 9.53 Å². The summed E-state index contributed by atoms with van der Waals surface area (Å²) in [5.74, 6) is 0.537. The largest absolute Gasteiger partial charge is 0.484 e. The number of hydrogen-bond donors (Lipinski definition) is 1. The lowest BCUT2D eigenvalue weighted by atomic mass is 10.1. The Kier molecular flexibility index (Phi) is 4.93. The van der Waals surface area contributed by atoms with E-state index in [1.807, 2.05) is 42.5 Å². The van der Waals surface area contributed by atoms with E-state index in [4.69, 9.17) is 4.74 Å². The molecule has 4 heteroatoms. The van der Waals surface area contributed by atoms with E-state index in [0.29, 0.717) is 12.3 Å². The summed E-state index contributed by atoms with van der Waals surface area (Å²) >= 11 is 3.36. The van der Waals surface area contributed by atoms with E-state index in [-0.39, 0.29) is 12.5 Å². The molecule has 0 aliphatic heterocycles. The normalized spacial score (nSPS) is 10.5. The molecule has 0 bridgehead atoms. The molecule has 1 N–H and O–H groups in total. The third kappa shape index (κ3) is 4.33. The van der Waals surface area contributed by atoms with Crippen LogP contribution in [0.25, 0.3) is 10.8 Å². The Morgan fingerprint density at radius 1 is 0.957 bits per heavy atom. The predicted molar refractivity (Wildman–Crippen MR) is 95.4 cm³/mol. The maximum Gasteiger partial charge on any atom is 0.258 e. The van der Waals surface area contributed by atoms with Crippen molar-refractivity contribution in [3.63, 3.8) is 0 Å². The number of carbonyl (C=O) groups excluding carboxylic acids is 1. The van der Waals surface area contributed by atoms with Crippen LogP contribution in [0.1, 0.15) is 5.56 Å². The van der Waals surface area contributed by atoms with Crippen LogP contribution in [0.4, 0.5) is 0 Å². The van der Waals surface area contributed by atoms with Gasteiger partial charge >= 0.3 is 0 Å². The van der Waals surface area contributed by atoms with Gasteiger partial charge in [-0.1, -0.05) is 52.3 Å². The zero-order valence-corrected chi connectivity index (χ0v) is 14.0. The molecule has 0 unspecified atom stereocenters. The van der Waals surface area contributed by atoms with E-state index in [2.05, 4.69) is 45.5 Å². The smallest absolute Gasteiger partial charge is 0.258 e. The Balaban J connectivity index is 1.52. The summed E-state index contributed by atoms with van der Waals surface area (Å²) in [6.07, 6.45) is 0. The summed E-state index contributed by atoms with van der Waals surface area (Å²) in [7, 11) is 0. The van der Waals surface area contributed by atoms with Gasteiger partial charge in [0.2, 0.25) is 0 Å². The zero-order valence-electron chi connectivity index (χ0n) is 12.5. The molecular formula is C19H16BrNO2. The van der Waals surface area contributed by atoms with E-state index in [0.717, 1.165) is 10.0 Å². The Bertz CT molecular complexity index is 815. The van der Waals surface area contributed by atoms with Crippen molar-refractivity contribution >= 4 is 32.6 Å². The Hall–Kier alpha value is -2.33. The van der Waals surface area contributed by atoms with Gasteiger partial charge in [-0.05, 0) is 46.7 Å². The topological polar surface area (TPSA) is 38.3 Å². The fraction of sp³-hybridized carbons (Fsp3) is 0.105. The maximum atomic E-state index is 11.9. The molecule has 3 rings (SSSR count). The van der Waals surface area contributed by atoms with Gasteiger partial charge in [0.1, 0.15) is 5.75 Å². The number of nitrogens with one attached hydrogen (secondary N) is 1. The molecule has 0 aromatic heterocycles. The Labute approximate surface area is 143 Å². The molecule has 0 fully saturated rings. The average Bonchev–Trinajstić information content (AvgIpc) is 2.59. The fourth-order valence-corrected chi connectivity index (χ4v) is 2.54. The highest BCUT2D eigenvalue weighted by Crippen LogP contribution is 2.16.